The molecule has 112 valence electrons. The molecular formula is C16H36O2. The van der Waals surface area contributed by atoms with Crippen molar-refractivity contribution < 1.29 is 9.47 Å². The lowest BCUT2D eigenvalue weighted by Crippen LogP contribution is -2.27. The zero-order valence-corrected chi connectivity index (χ0v) is 14.2. The summed E-state index contributed by atoms with van der Waals surface area (Å²) in [5.41, 5.74) is 0.328. The Hall–Kier alpha value is -0.0800. The van der Waals surface area contributed by atoms with Gasteiger partial charge in [-0.3, -0.25) is 0 Å². The van der Waals surface area contributed by atoms with Gasteiger partial charge in [0.2, 0.25) is 0 Å². The molecular weight excluding hydrogens is 224 g/mol. The normalized spacial score (nSPS) is 16.5. The fourth-order valence-corrected chi connectivity index (χ4v) is 1.37. The molecule has 0 aliphatic carbocycles. The summed E-state index contributed by atoms with van der Waals surface area (Å²) in [4.78, 5) is 0. The zero-order valence-electron chi connectivity index (χ0n) is 14.2. The van der Waals surface area contributed by atoms with E-state index in [9.17, 15) is 0 Å². The fourth-order valence-electron chi connectivity index (χ4n) is 1.37. The smallest absolute Gasteiger partial charge is 0.0594 e. The van der Waals surface area contributed by atoms with E-state index in [4.69, 9.17) is 9.47 Å². The SMILES string of the molecule is CCC(C)(C)C(C)OC.CCOC(C)C(C)CC. The number of hydrogen-bond donors (Lipinski definition) is 0. The van der Waals surface area contributed by atoms with Crippen LogP contribution in [0.15, 0.2) is 0 Å². The van der Waals surface area contributed by atoms with Crippen LogP contribution in [-0.4, -0.2) is 25.9 Å². The van der Waals surface area contributed by atoms with E-state index in [0.29, 0.717) is 23.5 Å². The van der Waals surface area contributed by atoms with Gasteiger partial charge in [-0.15, -0.1) is 0 Å². The summed E-state index contributed by atoms with van der Waals surface area (Å²) in [6.45, 7) is 18.2. The Morgan fingerprint density at radius 3 is 1.72 bits per heavy atom. The van der Waals surface area contributed by atoms with Crippen LogP contribution in [0.1, 0.15) is 68.2 Å². The molecule has 0 saturated heterocycles. The molecule has 0 fully saturated rings. The maximum atomic E-state index is 5.39. The van der Waals surface area contributed by atoms with Gasteiger partial charge in [0.1, 0.15) is 0 Å². The van der Waals surface area contributed by atoms with E-state index < -0.39 is 0 Å². The van der Waals surface area contributed by atoms with E-state index in [0.717, 1.165) is 6.61 Å². The van der Waals surface area contributed by atoms with Crippen molar-refractivity contribution in [3.8, 4) is 0 Å². The molecule has 0 radical (unpaired) electrons. The fraction of sp³-hybridized carbons (Fsp3) is 1.00. The molecule has 0 saturated carbocycles. The van der Waals surface area contributed by atoms with E-state index in [1.807, 2.05) is 6.92 Å². The van der Waals surface area contributed by atoms with Gasteiger partial charge in [0.15, 0.2) is 0 Å². The van der Waals surface area contributed by atoms with Crippen LogP contribution in [0.25, 0.3) is 0 Å². The van der Waals surface area contributed by atoms with Gasteiger partial charge < -0.3 is 9.47 Å². The molecule has 0 spiro atoms. The molecule has 0 aromatic heterocycles. The summed E-state index contributed by atoms with van der Waals surface area (Å²) >= 11 is 0. The summed E-state index contributed by atoms with van der Waals surface area (Å²) in [6.07, 6.45) is 3.17. The summed E-state index contributed by atoms with van der Waals surface area (Å²) in [7, 11) is 1.77. The van der Waals surface area contributed by atoms with Crippen molar-refractivity contribution in [2.45, 2.75) is 80.4 Å². The summed E-state index contributed by atoms with van der Waals surface area (Å²) in [5, 5.41) is 0. The Labute approximate surface area is 115 Å². The number of rotatable bonds is 7. The first-order valence-electron chi connectivity index (χ1n) is 7.41. The van der Waals surface area contributed by atoms with E-state index in [2.05, 4.69) is 48.5 Å². The molecule has 0 aliphatic rings. The molecule has 0 N–H and O–H groups in total. The van der Waals surface area contributed by atoms with Gasteiger partial charge in [0.25, 0.3) is 0 Å². The van der Waals surface area contributed by atoms with Gasteiger partial charge >= 0.3 is 0 Å². The van der Waals surface area contributed by atoms with Crippen molar-refractivity contribution >= 4 is 0 Å². The first-order valence-corrected chi connectivity index (χ1v) is 7.41. The summed E-state index contributed by atoms with van der Waals surface area (Å²) in [6, 6.07) is 0. The largest absolute Gasteiger partial charge is 0.381 e. The third-order valence-electron chi connectivity index (χ3n) is 4.24. The van der Waals surface area contributed by atoms with Crippen molar-refractivity contribution in [3.05, 3.63) is 0 Å². The average molecular weight is 260 g/mol. The lowest BCUT2D eigenvalue weighted by atomic mass is 9.85. The first-order chi connectivity index (χ1) is 8.26. The van der Waals surface area contributed by atoms with Crippen LogP contribution in [0.2, 0.25) is 0 Å². The first kappa shape index (κ1) is 20.2. The molecule has 3 unspecified atom stereocenters. The van der Waals surface area contributed by atoms with Gasteiger partial charge in [-0.05, 0) is 38.5 Å². The van der Waals surface area contributed by atoms with Gasteiger partial charge in [-0.25, -0.2) is 0 Å². The molecule has 18 heavy (non-hydrogen) atoms. The van der Waals surface area contributed by atoms with Crippen molar-refractivity contribution in [2.75, 3.05) is 13.7 Å². The average Bonchev–Trinajstić information content (AvgIpc) is 2.37. The third kappa shape index (κ3) is 8.93. The molecule has 0 aromatic rings. The Morgan fingerprint density at radius 1 is 1.00 bits per heavy atom. The molecule has 0 bridgehead atoms. The topological polar surface area (TPSA) is 18.5 Å². The minimum Gasteiger partial charge on any atom is -0.381 e. The Bertz CT molecular complexity index is 178. The predicted octanol–water partition coefficient (Wildman–Crippen LogP) is 4.92. The maximum Gasteiger partial charge on any atom is 0.0594 e. The highest BCUT2D eigenvalue weighted by Gasteiger charge is 2.22. The van der Waals surface area contributed by atoms with Gasteiger partial charge in [-0.2, -0.15) is 0 Å². The Balaban J connectivity index is 0. The van der Waals surface area contributed by atoms with Crippen molar-refractivity contribution in [3.63, 3.8) is 0 Å². The molecule has 3 atom stereocenters. The van der Waals surface area contributed by atoms with Crippen molar-refractivity contribution in [2.24, 2.45) is 11.3 Å². The molecule has 0 heterocycles. The van der Waals surface area contributed by atoms with Crippen LogP contribution in [0, 0.1) is 11.3 Å². The minimum atomic E-state index is 0.328. The van der Waals surface area contributed by atoms with Crippen LogP contribution in [0.5, 0.6) is 0 Å². The number of ether oxygens (including phenoxy) is 2. The third-order valence-corrected chi connectivity index (χ3v) is 4.24. The van der Waals surface area contributed by atoms with Crippen molar-refractivity contribution in [1.82, 2.24) is 0 Å². The van der Waals surface area contributed by atoms with Crippen LogP contribution < -0.4 is 0 Å². The van der Waals surface area contributed by atoms with E-state index >= 15 is 0 Å². The standard InChI is InChI=1S/2C8H18O/c1-6-8(3,4)7(2)9-5;1-5-7(3)8(4)9-6-2/h7H,6H2,1-5H3;7-8H,5-6H2,1-4H3. The quantitative estimate of drug-likeness (QED) is 0.647. The van der Waals surface area contributed by atoms with Crippen LogP contribution in [0.4, 0.5) is 0 Å². The van der Waals surface area contributed by atoms with Gasteiger partial charge in [-0.1, -0.05) is 41.0 Å². The Kier molecular flexibility index (Phi) is 12.2. The molecule has 0 aliphatic heterocycles. The minimum absolute atomic E-state index is 0.328. The highest BCUT2D eigenvalue weighted by molar-refractivity contribution is 4.72. The maximum absolute atomic E-state index is 5.39. The van der Waals surface area contributed by atoms with E-state index in [-0.39, 0.29) is 0 Å². The van der Waals surface area contributed by atoms with Crippen LogP contribution >= 0.6 is 0 Å². The molecule has 2 heteroatoms. The van der Waals surface area contributed by atoms with E-state index in [1.165, 1.54) is 12.8 Å². The zero-order chi connectivity index (χ0) is 14.8. The van der Waals surface area contributed by atoms with Crippen LogP contribution in [0.3, 0.4) is 0 Å². The second-order valence-corrected chi connectivity index (χ2v) is 5.77. The summed E-state index contributed by atoms with van der Waals surface area (Å²) < 4.78 is 10.6. The number of methoxy groups -OCH3 is 1. The number of hydrogen-bond acceptors (Lipinski definition) is 2. The molecule has 0 aromatic carbocycles. The second kappa shape index (κ2) is 10.8. The summed E-state index contributed by atoms with van der Waals surface area (Å²) in [5.74, 6) is 0.699. The van der Waals surface area contributed by atoms with Gasteiger partial charge in [0, 0.05) is 13.7 Å². The van der Waals surface area contributed by atoms with Gasteiger partial charge in [0.05, 0.1) is 12.2 Å². The lowest BCUT2D eigenvalue weighted by molar-refractivity contribution is 0.0189. The van der Waals surface area contributed by atoms with Crippen molar-refractivity contribution in [1.29, 1.82) is 0 Å². The second-order valence-electron chi connectivity index (χ2n) is 5.77. The lowest BCUT2D eigenvalue weighted by Gasteiger charge is -2.28. The highest BCUT2D eigenvalue weighted by Crippen LogP contribution is 2.25. The molecule has 0 amide bonds. The van der Waals surface area contributed by atoms with E-state index in [1.54, 1.807) is 7.11 Å². The highest BCUT2D eigenvalue weighted by atomic mass is 16.5. The molecule has 0 rings (SSSR count). The monoisotopic (exact) mass is 260 g/mol. The Morgan fingerprint density at radius 2 is 1.50 bits per heavy atom. The molecule has 2 nitrogen and oxygen atoms in total. The van der Waals surface area contributed by atoms with Crippen LogP contribution in [-0.2, 0) is 9.47 Å². The predicted molar refractivity (Wildman–Crippen MR) is 81.1 cm³/mol.